The van der Waals surface area contributed by atoms with Gasteiger partial charge in [0.15, 0.2) is 0 Å². The summed E-state index contributed by atoms with van der Waals surface area (Å²) in [5.41, 5.74) is 0.443. The Balaban J connectivity index is 1.66. The van der Waals surface area contributed by atoms with Crippen molar-refractivity contribution in [3.05, 3.63) is 23.8 Å². The summed E-state index contributed by atoms with van der Waals surface area (Å²) in [6, 6.07) is 5.38. The van der Waals surface area contributed by atoms with Crippen molar-refractivity contribution in [1.29, 1.82) is 0 Å². The summed E-state index contributed by atoms with van der Waals surface area (Å²) >= 11 is 0. The number of benzene rings is 1. The van der Waals surface area contributed by atoms with Crippen LogP contribution in [-0.4, -0.2) is 55.8 Å². The molecule has 1 atom stereocenters. The number of amides is 1. The van der Waals surface area contributed by atoms with Gasteiger partial charge in [-0.15, -0.1) is 0 Å². The van der Waals surface area contributed by atoms with Crippen LogP contribution in [0.5, 0.6) is 5.75 Å². The van der Waals surface area contributed by atoms with E-state index < -0.39 is 10.0 Å². The van der Waals surface area contributed by atoms with Gasteiger partial charge in [0.25, 0.3) is 5.91 Å². The lowest BCUT2D eigenvalue weighted by Crippen LogP contribution is -2.41. The molecule has 1 amide bonds. The average molecular weight is 421 g/mol. The number of methoxy groups -OCH3 is 1. The van der Waals surface area contributed by atoms with Crippen molar-refractivity contribution in [3.8, 4) is 5.75 Å². The molecule has 0 radical (unpaired) electrons. The Kier molecular flexibility index (Phi) is 5.89. The van der Waals surface area contributed by atoms with E-state index in [1.54, 1.807) is 16.4 Å². The van der Waals surface area contributed by atoms with Crippen LogP contribution in [0.1, 0.15) is 68.6 Å². The first-order chi connectivity index (χ1) is 13.9. The zero-order valence-electron chi connectivity index (χ0n) is 17.5. The van der Waals surface area contributed by atoms with E-state index in [-0.39, 0.29) is 16.8 Å². The number of rotatable bonds is 7. The topological polar surface area (TPSA) is 66.9 Å². The van der Waals surface area contributed by atoms with Crippen molar-refractivity contribution in [2.45, 2.75) is 75.3 Å². The summed E-state index contributed by atoms with van der Waals surface area (Å²) in [7, 11) is -2.22. The van der Waals surface area contributed by atoms with Crippen LogP contribution >= 0.6 is 0 Å². The Bertz CT molecular complexity index is 854. The quantitative estimate of drug-likeness (QED) is 0.675. The molecule has 4 rings (SSSR count). The van der Waals surface area contributed by atoms with Crippen molar-refractivity contribution in [2.24, 2.45) is 5.92 Å². The predicted molar refractivity (Wildman–Crippen MR) is 112 cm³/mol. The number of carbonyl (C=O) groups is 1. The molecule has 160 valence electrons. The van der Waals surface area contributed by atoms with Gasteiger partial charge in [0.2, 0.25) is 10.0 Å². The molecule has 0 N–H and O–H groups in total. The number of hydrogen-bond acceptors (Lipinski definition) is 4. The largest absolute Gasteiger partial charge is 0.495 e. The van der Waals surface area contributed by atoms with E-state index in [4.69, 9.17) is 4.74 Å². The first kappa shape index (κ1) is 20.7. The lowest BCUT2D eigenvalue weighted by Gasteiger charge is -2.30. The van der Waals surface area contributed by atoms with Crippen LogP contribution in [0.3, 0.4) is 0 Å². The Morgan fingerprint density at radius 1 is 1.10 bits per heavy atom. The minimum absolute atomic E-state index is 0.0538. The van der Waals surface area contributed by atoms with Gasteiger partial charge >= 0.3 is 0 Å². The lowest BCUT2D eigenvalue weighted by atomic mass is 10.1. The second-order valence-corrected chi connectivity index (χ2v) is 10.6. The van der Waals surface area contributed by atoms with Crippen LogP contribution in [-0.2, 0) is 10.0 Å². The normalized spacial score (nSPS) is 22.0. The fraction of sp³-hybridized carbons (Fsp3) is 0.682. The molecule has 1 aromatic rings. The summed E-state index contributed by atoms with van der Waals surface area (Å²) in [4.78, 5) is 15.5. The van der Waals surface area contributed by atoms with E-state index in [2.05, 4.69) is 6.92 Å². The minimum Gasteiger partial charge on any atom is -0.495 e. The van der Waals surface area contributed by atoms with Gasteiger partial charge in [-0.2, -0.15) is 4.31 Å². The third kappa shape index (κ3) is 4.31. The summed E-state index contributed by atoms with van der Waals surface area (Å²) in [5, 5.41) is 0. The van der Waals surface area contributed by atoms with Gasteiger partial charge in [0, 0.05) is 30.7 Å². The van der Waals surface area contributed by atoms with Gasteiger partial charge in [0.05, 0.1) is 7.11 Å². The fourth-order valence-corrected chi connectivity index (χ4v) is 6.12. The molecular formula is C22H32N2O4S. The molecule has 0 bridgehead atoms. The first-order valence-electron chi connectivity index (χ1n) is 10.9. The molecule has 29 heavy (non-hydrogen) atoms. The van der Waals surface area contributed by atoms with Crippen molar-refractivity contribution >= 4 is 15.9 Å². The number of ether oxygens (including phenoxy) is 1. The summed E-state index contributed by atoms with van der Waals surface area (Å²) in [5.74, 6) is 0.832. The van der Waals surface area contributed by atoms with Gasteiger partial charge in [-0.3, -0.25) is 4.79 Å². The third-order valence-electron chi connectivity index (χ3n) is 6.51. The van der Waals surface area contributed by atoms with Crippen LogP contribution in [0, 0.1) is 5.92 Å². The third-order valence-corrected chi connectivity index (χ3v) is 8.43. The highest BCUT2D eigenvalue weighted by atomic mass is 32.2. The van der Waals surface area contributed by atoms with E-state index in [0.29, 0.717) is 36.4 Å². The summed E-state index contributed by atoms with van der Waals surface area (Å²) < 4.78 is 33.7. The molecule has 1 heterocycles. The molecule has 7 heteroatoms. The molecular weight excluding hydrogens is 388 g/mol. The second kappa shape index (κ2) is 8.26. The fourth-order valence-electron chi connectivity index (χ4n) is 4.42. The van der Waals surface area contributed by atoms with Crippen LogP contribution in [0.2, 0.25) is 0 Å². The molecule has 0 aromatic heterocycles. The van der Waals surface area contributed by atoms with E-state index >= 15 is 0 Å². The number of nitrogens with zero attached hydrogens (tertiary/aromatic N) is 2. The Hall–Kier alpha value is -1.60. The van der Waals surface area contributed by atoms with Gasteiger partial charge in [0.1, 0.15) is 10.6 Å². The van der Waals surface area contributed by atoms with Crippen molar-refractivity contribution < 1.29 is 17.9 Å². The maximum Gasteiger partial charge on any atom is 0.254 e. The molecule has 1 aromatic carbocycles. The highest BCUT2D eigenvalue weighted by Crippen LogP contribution is 2.41. The molecule has 2 aliphatic carbocycles. The first-order valence-corrected chi connectivity index (χ1v) is 12.4. The van der Waals surface area contributed by atoms with E-state index in [1.807, 2.05) is 4.90 Å². The predicted octanol–water partition coefficient (Wildman–Crippen LogP) is 3.66. The van der Waals surface area contributed by atoms with Crippen molar-refractivity contribution in [2.75, 3.05) is 20.2 Å². The molecule has 0 spiro atoms. The average Bonchev–Trinajstić information content (AvgIpc) is 3.60. The second-order valence-electron chi connectivity index (χ2n) is 8.71. The van der Waals surface area contributed by atoms with Gasteiger partial charge in [-0.1, -0.05) is 12.8 Å². The molecule has 1 aliphatic heterocycles. The highest BCUT2D eigenvalue weighted by molar-refractivity contribution is 7.89. The summed E-state index contributed by atoms with van der Waals surface area (Å²) in [6.07, 6.45) is 8.27. The Morgan fingerprint density at radius 3 is 2.31 bits per heavy atom. The van der Waals surface area contributed by atoms with Crippen LogP contribution < -0.4 is 4.74 Å². The zero-order valence-corrected chi connectivity index (χ0v) is 18.3. The van der Waals surface area contributed by atoms with E-state index in [0.717, 1.165) is 38.5 Å². The molecule has 0 unspecified atom stereocenters. The Labute approximate surface area is 174 Å². The molecule has 1 saturated heterocycles. The van der Waals surface area contributed by atoms with Crippen molar-refractivity contribution in [1.82, 2.24) is 9.21 Å². The highest BCUT2D eigenvalue weighted by Gasteiger charge is 2.42. The van der Waals surface area contributed by atoms with E-state index in [9.17, 15) is 13.2 Å². The number of hydrogen-bond donors (Lipinski definition) is 0. The molecule has 6 nitrogen and oxygen atoms in total. The molecule has 3 fully saturated rings. The maximum absolute atomic E-state index is 13.4. The monoisotopic (exact) mass is 420 g/mol. The van der Waals surface area contributed by atoms with Crippen molar-refractivity contribution in [3.63, 3.8) is 0 Å². The van der Waals surface area contributed by atoms with Gasteiger partial charge < -0.3 is 9.64 Å². The van der Waals surface area contributed by atoms with E-state index in [1.165, 1.54) is 26.0 Å². The van der Waals surface area contributed by atoms with Gasteiger partial charge in [-0.05, 0) is 69.6 Å². The number of sulfonamides is 1. The van der Waals surface area contributed by atoms with Crippen LogP contribution in [0.4, 0.5) is 0 Å². The number of carbonyl (C=O) groups excluding carboxylic acids is 1. The summed E-state index contributed by atoms with van der Waals surface area (Å²) in [6.45, 7) is 3.18. The van der Waals surface area contributed by atoms with Crippen LogP contribution in [0.25, 0.3) is 0 Å². The smallest absolute Gasteiger partial charge is 0.254 e. The lowest BCUT2D eigenvalue weighted by molar-refractivity contribution is 0.0654. The van der Waals surface area contributed by atoms with Gasteiger partial charge in [-0.25, -0.2) is 8.42 Å². The molecule has 3 aliphatic rings. The zero-order chi connectivity index (χ0) is 20.6. The maximum atomic E-state index is 13.4. The molecule has 2 saturated carbocycles. The standard InChI is InChI=1S/C22H32N2O4S/c1-16(17-7-8-17)24(19-10-11-19)22(25)18-9-12-20(28-2)21(15-18)29(26,27)23-13-5-3-4-6-14-23/h9,12,15-17,19H,3-8,10-11,13-14H2,1-2H3/t16-/m0/s1. The SMILES string of the molecule is COc1ccc(C(=O)N(C2CC2)[C@@H](C)C2CC2)cc1S(=O)(=O)N1CCCCCC1. The Morgan fingerprint density at radius 2 is 1.76 bits per heavy atom. The van der Waals surface area contributed by atoms with Crippen LogP contribution in [0.15, 0.2) is 23.1 Å². The minimum atomic E-state index is -3.70.